The van der Waals surface area contributed by atoms with Crippen LogP contribution in [0, 0.1) is 0 Å². The van der Waals surface area contributed by atoms with Crippen molar-refractivity contribution >= 4 is 11.8 Å². The van der Waals surface area contributed by atoms with Gasteiger partial charge in [0.15, 0.2) is 0 Å². The second-order valence-electron chi connectivity index (χ2n) is 3.59. The van der Waals surface area contributed by atoms with E-state index in [1.807, 2.05) is 12.1 Å². The molecular formula is C10H10F3N5S. The number of nitrogens with two attached hydrogens (primary N) is 1. The summed E-state index contributed by atoms with van der Waals surface area (Å²) in [6, 6.07) is 5.48. The van der Waals surface area contributed by atoms with Crippen LogP contribution in [0.4, 0.5) is 13.2 Å². The molecule has 2 rings (SSSR count). The Kier molecular flexibility index (Phi) is 3.93. The standard InChI is InChI=1S/C10H10F3N5S/c11-10(12,13)8-16-17-9(18(8)14)19-6-4-7-3-1-2-5-15-7/h1-3,5H,4,6,14H2. The Morgan fingerprint density at radius 3 is 2.63 bits per heavy atom. The van der Waals surface area contributed by atoms with Crippen LogP contribution in [0.5, 0.6) is 0 Å². The van der Waals surface area contributed by atoms with Crippen LogP contribution in [0.15, 0.2) is 29.6 Å². The minimum Gasteiger partial charge on any atom is -0.335 e. The number of aryl methyl sites for hydroxylation is 1. The molecule has 5 nitrogen and oxygen atoms in total. The van der Waals surface area contributed by atoms with Gasteiger partial charge in [-0.3, -0.25) is 4.98 Å². The van der Waals surface area contributed by atoms with Gasteiger partial charge in [-0.2, -0.15) is 13.2 Å². The number of rotatable bonds is 4. The number of nitrogens with zero attached hydrogens (tertiary/aromatic N) is 4. The maximum absolute atomic E-state index is 12.4. The quantitative estimate of drug-likeness (QED) is 0.686. The van der Waals surface area contributed by atoms with Crippen LogP contribution in [0.3, 0.4) is 0 Å². The van der Waals surface area contributed by atoms with E-state index in [-0.39, 0.29) is 5.16 Å². The van der Waals surface area contributed by atoms with Crippen molar-refractivity contribution in [2.75, 3.05) is 11.6 Å². The minimum absolute atomic E-state index is 0.0308. The van der Waals surface area contributed by atoms with Crippen molar-refractivity contribution in [1.82, 2.24) is 19.9 Å². The Balaban J connectivity index is 1.96. The van der Waals surface area contributed by atoms with Gasteiger partial charge in [-0.15, -0.1) is 10.2 Å². The number of aromatic nitrogens is 4. The fourth-order valence-electron chi connectivity index (χ4n) is 1.36. The Morgan fingerprint density at radius 1 is 1.26 bits per heavy atom. The zero-order chi connectivity index (χ0) is 13.9. The van der Waals surface area contributed by atoms with Crippen LogP contribution in [0.25, 0.3) is 0 Å². The number of thioether (sulfide) groups is 1. The summed E-state index contributed by atoms with van der Waals surface area (Å²) in [7, 11) is 0. The molecule has 19 heavy (non-hydrogen) atoms. The van der Waals surface area contributed by atoms with Crippen LogP contribution >= 0.6 is 11.8 Å². The minimum atomic E-state index is -4.60. The van der Waals surface area contributed by atoms with E-state index in [0.717, 1.165) is 17.5 Å². The van der Waals surface area contributed by atoms with Crippen LogP contribution in [0.1, 0.15) is 11.5 Å². The normalized spacial score (nSPS) is 11.7. The summed E-state index contributed by atoms with van der Waals surface area (Å²) in [4.78, 5) is 4.11. The lowest BCUT2D eigenvalue weighted by Gasteiger charge is -2.05. The van der Waals surface area contributed by atoms with Crippen molar-refractivity contribution in [3.63, 3.8) is 0 Å². The summed E-state index contributed by atoms with van der Waals surface area (Å²) < 4.78 is 37.7. The Hall–Kier alpha value is -1.77. The molecule has 2 aromatic heterocycles. The van der Waals surface area contributed by atoms with Gasteiger partial charge in [-0.05, 0) is 18.6 Å². The number of halogens is 3. The molecule has 0 aliphatic carbocycles. The molecule has 0 unspecified atom stereocenters. The van der Waals surface area contributed by atoms with E-state index < -0.39 is 12.0 Å². The smallest absolute Gasteiger partial charge is 0.335 e. The highest BCUT2D eigenvalue weighted by atomic mass is 32.2. The molecule has 0 spiro atoms. The third kappa shape index (κ3) is 3.37. The lowest BCUT2D eigenvalue weighted by Crippen LogP contribution is -2.21. The summed E-state index contributed by atoms with van der Waals surface area (Å²) in [5, 5.41) is 6.49. The highest BCUT2D eigenvalue weighted by molar-refractivity contribution is 7.99. The predicted molar refractivity (Wildman–Crippen MR) is 63.8 cm³/mol. The maximum atomic E-state index is 12.4. The number of hydrogen-bond donors (Lipinski definition) is 1. The topological polar surface area (TPSA) is 69.6 Å². The van der Waals surface area contributed by atoms with Crippen LogP contribution in [0.2, 0.25) is 0 Å². The van der Waals surface area contributed by atoms with Gasteiger partial charge in [0.05, 0.1) is 0 Å². The van der Waals surface area contributed by atoms with E-state index in [1.165, 1.54) is 0 Å². The summed E-state index contributed by atoms with van der Waals surface area (Å²) >= 11 is 1.10. The Morgan fingerprint density at radius 2 is 2.05 bits per heavy atom. The molecule has 2 heterocycles. The summed E-state index contributed by atoms with van der Waals surface area (Å²) in [5.74, 6) is 4.62. The molecule has 0 bridgehead atoms. The Bertz CT molecular complexity index is 540. The van der Waals surface area contributed by atoms with Gasteiger partial charge >= 0.3 is 6.18 Å². The van der Waals surface area contributed by atoms with E-state index in [2.05, 4.69) is 15.2 Å². The third-order valence-corrected chi connectivity index (χ3v) is 3.18. The zero-order valence-electron chi connectivity index (χ0n) is 9.63. The van der Waals surface area contributed by atoms with Gasteiger partial charge < -0.3 is 5.84 Å². The first-order valence-electron chi connectivity index (χ1n) is 5.29. The zero-order valence-corrected chi connectivity index (χ0v) is 10.4. The molecule has 0 aromatic carbocycles. The third-order valence-electron chi connectivity index (χ3n) is 2.23. The molecule has 0 aliphatic heterocycles. The molecule has 0 atom stereocenters. The van der Waals surface area contributed by atoms with E-state index in [1.54, 1.807) is 12.3 Å². The SMILES string of the molecule is Nn1c(SCCc2ccccn2)nnc1C(F)(F)F. The van der Waals surface area contributed by atoms with Crippen molar-refractivity contribution in [1.29, 1.82) is 0 Å². The fourth-order valence-corrected chi connectivity index (χ4v) is 2.18. The second kappa shape index (κ2) is 5.47. The number of alkyl halides is 3. The maximum Gasteiger partial charge on any atom is 0.453 e. The van der Waals surface area contributed by atoms with Crippen molar-refractivity contribution in [3.8, 4) is 0 Å². The van der Waals surface area contributed by atoms with Crippen LogP contribution in [-0.4, -0.2) is 25.6 Å². The molecule has 102 valence electrons. The molecule has 9 heteroatoms. The predicted octanol–water partition coefficient (Wildman–Crippen LogP) is 1.74. The lowest BCUT2D eigenvalue weighted by molar-refractivity contribution is -0.146. The largest absolute Gasteiger partial charge is 0.453 e. The van der Waals surface area contributed by atoms with Gasteiger partial charge in [0.25, 0.3) is 5.82 Å². The van der Waals surface area contributed by atoms with Gasteiger partial charge in [0, 0.05) is 17.6 Å². The molecule has 0 fully saturated rings. The average Bonchev–Trinajstić information content (AvgIpc) is 2.72. The van der Waals surface area contributed by atoms with Gasteiger partial charge in [-0.1, -0.05) is 17.8 Å². The van der Waals surface area contributed by atoms with Gasteiger partial charge in [-0.25, -0.2) is 4.68 Å². The van der Waals surface area contributed by atoms with Crippen LogP contribution in [-0.2, 0) is 12.6 Å². The van der Waals surface area contributed by atoms with Crippen molar-refractivity contribution < 1.29 is 13.2 Å². The van der Waals surface area contributed by atoms with Gasteiger partial charge in [0.1, 0.15) is 0 Å². The summed E-state index contributed by atoms with van der Waals surface area (Å²) in [5.41, 5.74) is 0.856. The molecule has 0 aliphatic rings. The first-order valence-corrected chi connectivity index (χ1v) is 6.27. The number of nitrogen functional groups attached to an aromatic ring is 1. The second-order valence-corrected chi connectivity index (χ2v) is 4.66. The van der Waals surface area contributed by atoms with Crippen molar-refractivity contribution in [3.05, 3.63) is 35.9 Å². The first kappa shape index (κ1) is 13.7. The molecule has 0 saturated carbocycles. The van der Waals surface area contributed by atoms with Gasteiger partial charge in [0.2, 0.25) is 5.16 Å². The molecule has 0 radical (unpaired) electrons. The first-order chi connectivity index (χ1) is 8.98. The molecule has 2 N–H and O–H groups in total. The molecular weight excluding hydrogens is 279 g/mol. The monoisotopic (exact) mass is 289 g/mol. The van der Waals surface area contributed by atoms with Crippen molar-refractivity contribution in [2.45, 2.75) is 17.8 Å². The highest BCUT2D eigenvalue weighted by Crippen LogP contribution is 2.28. The summed E-state index contributed by atoms with van der Waals surface area (Å²) in [6.07, 6.45) is -2.32. The lowest BCUT2D eigenvalue weighted by atomic mass is 10.3. The Labute approximate surface area is 111 Å². The molecule has 0 saturated heterocycles. The average molecular weight is 289 g/mol. The fraction of sp³-hybridized carbons (Fsp3) is 0.300. The molecule has 2 aromatic rings. The van der Waals surface area contributed by atoms with Crippen LogP contribution < -0.4 is 5.84 Å². The summed E-state index contributed by atoms with van der Waals surface area (Å²) in [6.45, 7) is 0. The number of pyridine rings is 1. The highest BCUT2D eigenvalue weighted by Gasteiger charge is 2.38. The molecule has 0 amide bonds. The van der Waals surface area contributed by atoms with E-state index >= 15 is 0 Å². The van der Waals surface area contributed by atoms with E-state index in [9.17, 15) is 13.2 Å². The van der Waals surface area contributed by atoms with E-state index in [4.69, 9.17) is 5.84 Å². The van der Waals surface area contributed by atoms with Crippen molar-refractivity contribution in [2.24, 2.45) is 0 Å². The van der Waals surface area contributed by atoms with E-state index in [0.29, 0.717) is 16.8 Å². The number of hydrogen-bond acceptors (Lipinski definition) is 5.